The third kappa shape index (κ3) is 11.8. The van der Waals surface area contributed by atoms with Gasteiger partial charge in [0.05, 0.1) is 13.2 Å². The Kier molecular flexibility index (Phi) is 12.6. The summed E-state index contributed by atoms with van der Waals surface area (Å²) in [7, 11) is 0. The van der Waals surface area contributed by atoms with Gasteiger partial charge in [-0.2, -0.15) is 11.8 Å². The Bertz CT molecular complexity index is 143. The molecule has 82 valence electrons. The molecule has 0 aromatic carbocycles. The van der Waals surface area contributed by atoms with Gasteiger partial charge in [-0.15, -0.1) is 6.58 Å². The summed E-state index contributed by atoms with van der Waals surface area (Å²) < 4.78 is 5.41. The Balaban J connectivity index is 2.99. The Morgan fingerprint density at radius 3 is 2.86 bits per heavy atom. The Hall–Kier alpha value is -0.210. The van der Waals surface area contributed by atoms with Gasteiger partial charge in [0.1, 0.15) is 0 Å². The molecule has 0 amide bonds. The molecule has 0 rings (SSSR count). The van der Waals surface area contributed by atoms with Gasteiger partial charge in [0.2, 0.25) is 0 Å². The Morgan fingerprint density at radius 2 is 2.14 bits per heavy atom. The summed E-state index contributed by atoms with van der Waals surface area (Å²) in [6, 6.07) is 0. The van der Waals surface area contributed by atoms with Gasteiger partial charge in [-0.05, 0) is 25.0 Å². The summed E-state index contributed by atoms with van der Waals surface area (Å²) in [5, 5.41) is 0. The zero-order chi connectivity index (χ0) is 10.5. The van der Waals surface area contributed by atoms with Gasteiger partial charge in [0.25, 0.3) is 0 Å². The van der Waals surface area contributed by atoms with Crippen LogP contribution in [0.5, 0.6) is 0 Å². The number of hydrogen-bond acceptors (Lipinski definition) is 2. The van der Waals surface area contributed by atoms with Crippen molar-refractivity contribution in [3.8, 4) is 0 Å². The van der Waals surface area contributed by atoms with Crippen LogP contribution in [0.2, 0.25) is 0 Å². The van der Waals surface area contributed by atoms with E-state index < -0.39 is 0 Å². The molecule has 0 radical (unpaired) electrons. The van der Waals surface area contributed by atoms with E-state index in [0.717, 1.165) is 31.8 Å². The highest BCUT2D eigenvalue weighted by atomic mass is 32.2. The van der Waals surface area contributed by atoms with Crippen LogP contribution in [0.3, 0.4) is 0 Å². The third-order valence-electron chi connectivity index (χ3n) is 1.74. The minimum absolute atomic E-state index is 0.762. The lowest BCUT2D eigenvalue weighted by atomic mass is 10.2. The number of ether oxygens (including phenoxy) is 1. The SMILES string of the molecule is C=CCCC/C=C/COCCSCC. The first-order valence-corrected chi connectivity index (χ1v) is 6.48. The quantitative estimate of drug-likeness (QED) is 0.405. The van der Waals surface area contributed by atoms with E-state index >= 15 is 0 Å². The van der Waals surface area contributed by atoms with Crippen molar-refractivity contribution in [2.45, 2.75) is 26.2 Å². The molecule has 0 bridgehead atoms. The predicted molar refractivity (Wildman–Crippen MR) is 67.0 cm³/mol. The van der Waals surface area contributed by atoms with Crippen molar-refractivity contribution in [2.24, 2.45) is 0 Å². The van der Waals surface area contributed by atoms with Crippen LogP contribution in [0.15, 0.2) is 24.8 Å². The molecule has 0 heterocycles. The number of unbranched alkanes of at least 4 members (excludes halogenated alkanes) is 2. The summed E-state index contributed by atoms with van der Waals surface area (Å²) >= 11 is 1.92. The summed E-state index contributed by atoms with van der Waals surface area (Å²) in [6.07, 6.45) is 9.71. The van der Waals surface area contributed by atoms with Crippen LogP contribution < -0.4 is 0 Å². The van der Waals surface area contributed by atoms with Gasteiger partial charge in [-0.1, -0.05) is 25.2 Å². The zero-order valence-electron chi connectivity index (χ0n) is 9.21. The molecular weight excluding hydrogens is 192 g/mol. The fourth-order valence-electron chi connectivity index (χ4n) is 0.979. The number of thioether (sulfide) groups is 1. The summed E-state index contributed by atoms with van der Waals surface area (Å²) in [6.45, 7) is 7.49. The maximum Gasteiger partial charge on any atom is 0.0647 e. The van der Waals surface area contributed by atoms with Crippen molar-refractivity contribution in [3.05, 3.63) is 24.8 Å². The monoisotopic (exact) mass is 214 g/mol. The van der Waals surface area contributed by atoms with Crippen LogP contribution in [-0.4, -0.2) is 24.7 Å². The van der Waals surface area contributed by atoms with Crippen molar-refractivity contribution < 1.29 is 4.74 Å². The first kappa shape index (κ1) is 13.8. The maximum atomic E-state index is 5.41. The molecule has 0 aromatic heterocycles. The highest BCUT2D eigenvalue weighted by Crippen LogP contribution is 1.98. The van der Waals surface area contributed by atoms with E-state index in [0.29, 0.717) is 0 Å². The minimum atomic E-state index is 0.762. The smallest absolute Gasteiger partial charge is 0.0647 e. The van der Waals surface area contributed by atoms with Crippen molar-refractivity contribution in [1.82, 2.24) is 0 Å². The molecular formula is C12H22OS. The van der Waals surface area contributed by atoms with E-state index in [2.05, 4.69) is 25.7 Å². The molecule has 0 N–H and O–H groups in total. The average Bonchev–Trinajstić information content (AvgIpc) is 2.21. The molecule has 0 saturated heterocycles. The van der Waals surface area contributed by atoms with E-state index in [-0.39, 0.29) is 0 Å². The highest BCUT2D eigenvalue weighted by molar-refractivity contribution is 7.99. The summed E-state index contributed by atoms with van der Waals surface area (Å²) in [4.78, 5) is 0. The van der Waals surface area contributed by atoms with E-state index in [1.165, 1.54) is 12.2 Å². The molecule has 14 heavy (non-hydrogen) atoms. The van der Waals surface area contributed by atoms with Crippen LogP contribution in [0.25, 0.3) is 0 Å². The molecule has 0 aliphatic rings. The molecule has 0 spiro atoms. The van der Waals surface area contributed by atoms with Crippen molar-refractivity contribution >= 4 is 11.8 Å². The van der Waals surface area contributed by atoms with Crippen LogP contribution in [0.4, 0.5) is 0 Å². The minimum Gasteiger partial charge on any atom is -0.377 e. The van der Waals surface area contributed by atoms with E-state index in [1.807, 2.05) is 17.8 Å². The summed E-state index contributed by atoms with van der Waals surface area (Å²) in [5.74, 6) is 2.29. The normalized spacial score (nSPS) is 10.9. The molecule has 0 aliphatic carbocycles. The fraction of sp³-hybridized carbons (Fsp3) is 0.667. The van der Waals surface area contributed by atoms with Crippen molar-refractivity contribution in [2.75, 3.05) is 24.7 Å². The maximum absolute atomic E-state index is 5.41. The van der Waals surface area contributed by atoms with E-state index in [9.17, 15) is 0 Å². The van der Waals surface area contributed by atoms with Crippen molar-refractivity contribution in [3.63, 3.8) is 0 Å². The van der Waals surface area contributed by atoms with Gasteiger partial charge in [0, 0.05) is 5.75 Å². The van der Waals surface area contributed by atoms with E-state index in [4.69, 9.17) is 4.74 Å². The van der Waals surface area contributed by atoms with Gasteiger partial charge >= 0.3 is 0 Å². The fourth-order valence-corrected chi connectivity index (χ4v) is 1.50. The second kappa shape index (κ2) is 12.8. The Morgan fingerprint density at radius 1 is 1.29 bits per heavy atom. The molecule has 0 aliphatic heterocycles. The van der Waals surface area contributed by atoms with Crippen LogP contribution >= 0.6 is 11.8 Å². The molecule has 0 atom stereocenters. The molecule has 1 nitrogen and oxygen atoms in total. The number of hydrogen-bond donors (Lipinski definition) is 0. The second-order valence-corrected chi connectivity index (χ2v) is 4.36. The van der Waals surface area contributed by atoms with Gasteiger partial charge in [-0.3, -0.25) is 0 Å². The predicted octanol–water partition coefficient (Wildman–Crippen LogP) is 3.67. The van der Waals surface area contributed by atoms with Crippen LogP contribution in [0, 0.1) is 0 Å². The standard InChI is InChI=1S/C12H22OS/c1-3-5-6-7-8-9-10-13-11-12-14-4-2/h3,8-9H,1,4-7,10-12H2,2H3/b9-8+. The zero-order valence-corrected chi connectivity index (χ0v) is 10.0. The van der Waals surface area contributed by atoms with E-state index in [1.54, 1.807) is 0 Å². The molecule has 0 unspecified atom stereocenters. The highest BCUT2D eigenvalue weighted by Gasteiger charge is 1.85. The second-order valence-electron chi connectivity index (χ2n) is 2.96. The first-order valence-electron chi connectivity index (χ1n) is 5.33. The lowest BCUT2D eigenvalue weighted by molar-refractivity contribution is 0.180. The summed E-state index contributed by atoms with van der Waals surface area (Å²) in [5.41, 5.74) is 0. The molecule has 0 fully saturated rings. The first-order chi connectivity index (χ1) is 6.91. The van der Waals surface area contributed by atoms with Gasteiger partial charge in [0.15, 0.2) is 0 Å². The molecule has 2 heteroatoms. The van der Waals surface area contributed by atoms with Crippen molar-refractivity contribution in [1.29, 1.82) is 0 Å². The Labute approximate surface area is 92.6 Å². The number of rotatable bonds is 10. The average molecular weight is 214 g/mol. The van der Waals surface area contributed by atoms with Gasteiger partial charge in [-0.25, -0.2) is 0 Å². The number of allylic oxidation sites excluding steroid dienone is 2. The van der Waals surface area contributed by atoms with Gasteiger partial charge < -0.3 is 4.74 Å². The topological polar surface area (TPSA) is 9.23 Å². The molecule has 0 aromatic rings. The molecule has 0 saturated carbocycles. The largest absolute Gasteiger partial charge is 0.377 e. The lowest BCUT2D eigenvalue weighted by Crippen LogP contribution is -1.96. The van der Waals surface area contributed by atoms with Crippen LogP contribution in [-0.2, 0) is 4.74 Å². The lowest BCUT2D eigenvalue weighted by Gasteiger charge is -1.98. The third-order valence-corrected chi connectivity index (χ3v) is 2.60. The van der Waals surface area contributed by atoms with Crippen LogP contribution in [0.1, 0.15) is 26.2 Å².